The van der Waals surface area contributed by atoms with Gasteiger partial charge >= 0.3 is 21.5 Å². The molecule has 2 saturated carbocycles. The van der Waals surface area contributed by atoms with Crippen molar-refractivity contribution in [3.8, 4) is 0 Å². The maximum absolute atomic E-state index is 12.6. The van der Waals surface area contributed by atoms with Crippen LogP contribution in [-0.2, 0) is 19.6 Å². The van der Waals surface area contributed by atoms with Crippen LogP contribution in [0.25, 0.3) is 0 Å². The summed E-state index contributed by atoms with van der Waals surface area (Å²) in [6.45, 7) is 1.81. The summed E-state index contributed by atoms with van der Waals surface area (Å²) in [4.78, 5) is 12.6. The number of alkyl halides is 3. The number of carbonyl (C=O) groups excluding carboxylic acids is 1. The molecule has 10 heteroatoms. The summed E-state index contributed by atoms with van der Waals surface area (Å²) in [7, 11) is -5.91. The normalized spacial score (nSPS) is 27.8. The van der Waals surface area contributed by atoms with E-state index in [0.717, 1.165) is 19.3 Å². The van der Waals surface area contributed by atoms with Crippen molar-refractivity contribution in [1.82, 2.24) is 0 Å². The Balaban J connectivity index is 2.17. The van der Waals surface area contributed by atoms with Crippen LogP contribution < -0.4 is 5.11 Å². The van der Waals surface area contributed by atoms with Gasteiger partial charge in [-0.25, -0.2) is 0 Å². The smallest absolute Gasteiger partial charge is 0.518 e. The molecule has 0 spiro atoms. The zero-order valence-electron chi connectivity index (χ0n) is 14.5. The van der Waals surface area contributed by atoms with Crippen LogP contribution in [0.4, 0.5) is 13.2 Å². The molecule has 0 aromatic rings. The largest absolute Gasteiger partial charge is 0.861 e. The fourth-order valence-corrected chi connectivity index (χ4v) is 4.14. The lowest BCUT2D eigenvalue weighted by Gasteiger charge is -2.38. The van der Waals surface area contributed by atoms with E-state index >= 15 is 0 Å². The Morgan fingerprint density at radius 3 is 2.15 bits per heavy atom. The molecule has 2 fully saturated rings. The Morgan fingerprint density at radius 2 is 1.62 bits per heavy atom. The summed E-state index contributed by atoms with van der Waals surface area (Å²) in [5, 5.41) is 12.1. The van der Waals surface area contributed by atoms with Crippen LogP contribution in [0.15, 0.2) is 4.40 Å². The molecule has 150 valence electrons. The Kier molecular flexibility index (Phi) is 6.24. The van der Waals surface area contributed by atoms with Crippen LogP contribution in [0, 0.1) is 11.8 Å². The number of hydrogen-bond acceptors (Lipinski definition) is 5. The van der Waals surface area contributed by atoms with Crippen molar-refractivity contribution in [2.45, 2.75) is 75.8 Å². The molecule has 2 aliphatic rings. The molecule has 0 aromatic carbocycles. The van der Waals surface area contributed by atoms with Crippen molar-refractivity contribution >= 4 is 21.9 Å². The molecular weight excluding hydrogens is 375 g/mol. The van der Waals surface area contributed by atoms with Gasteiger partial charge in [0.15, 0.2) is 0 Å². The Bertz CT molecular complexity index is 653. The quantitative estimate of drug-likeness (QED) is 0.412. The second-order valence-corrected chi connectivity index (χ2v) is 8.88. The van der Waals surface area contributed by atoms with E-state index in [4.69, 9.17) is 4.74 Å². The predicted octanol–water partition coefficient (Wildman–Crippen LogP) is 2.67. The highest BCUT2D eigenvalue weighted by Crippen LogP contribution is 2.36. The number of rotatable bonds is 4. The summed E-state index contributed by atoms with van der Waals surface area (Å²) in [5.74, 6) is -4.22. The van der Waals surface area contributed by atoms with Crippen molar-refractivity contribution in [2.75, 3.05) is 0 Å². The number of esters is 1. The van der Waals surface area contributed by atoms with Crippen LogP contribution in [0.5, 0.6) is 0 Å². The lowest BCUT2D eigenvalue weighted by molar-refractivity contribution is -0.228. The third-order valence-corrected chi connectivity index (χ3v) is 6.15. The highest BCUT2D eigenvalue weighted by atomic mass is 32.2. The first-order chi connectivity index (χ1) is 12.0. The molecule has 2 atom stereocenters. The van der Waals surface area contributed by atoms with Gasteiger partial charge in [-0.2, -0.15) is 26.0 Å². The lowest BCUT2D eigenvalue weighted by atomic mass is 9.78. The van der Waals surface area contributed by atoms with E-state index in [1.165, 1.54) is 0 Å². The zero-order valence-corrected chi connectivity index (χ0v) is 15.4. The number of carbonyl (C=O) groups is 1. The number of halogens is 3. The molecule has 0 heterocycles. The highest BCUT2D eigenvalue weighted by molar-refractivity contribution is 7.91. The predicted molar refractivity (Wildman–Crippen MR) is 85.4 cm³/mol. The average molecular weight is 398 g/mol. The van der Waals surface area contributed by atoms with E-state index < -0.39 is 44.8 Å². The monoisotopic (exact) mass is 398 g/mol. The van der Waals surface area contributed by atoms with Gasteiger partial charge in [-0.05, 0) is 51.3 Å². The van der Waals surface area contributed by atoms with Crippen LogP contribution in [0.3, 0.4) is 0 Å². The van der Waals surface area contributed by atoms with E-state index in [1.54, 1.807) is 0 Å². The minimum absolute atomic E-state index is 0.117. The van der Waals surface area contributed by atoms with E-state index in [-0.39, 0.29) is 12.8 Å². The van der Waals surface area contributed by atoms with Gasteiger partial charge in [0.1, 0.15) is 5.60 Å². The van der Waals surface area contributed by atoms with Gasteiger partial charge in [-0.3, -0.25) is 4.79 Å². The fourth-order valence-electron chi connectivity index (χ4n) is 3.67. The molecule has 0 aromatic heterocycles. The van der Waals surface area contributed by atoms with Crippen molar-refractivity contribution in [2.24, 2.45) is 16.2 Å². The Labute approximate surface area is 150 Å². The third kappa shape index (κ3) is 4.89. The van der Waals surface area contributed by atoms with E-state index in [2.05, 4.69) is 4.40 Å². The molecule has 0 amide bonds. The van der Waals surface area contributed by atoms with Gasteiger partial charge < -0.3 is 9.84 Å². The number of sulfonamides is 1. The molecule has 2 unspecified atom stereocenters. The number of hydrogen-bond donors (Lipinski definition) is 0. The van der Waals surface area contributed by atoms with Crippen molar-refractivity contribution in [1.29, 1.82) is 0 Å². The molecule has 6 nitrogen and oxygen atoms in total. The first kappa shape index (κ1) is 21.0. The summed E-state index contributed by atoms with van der Waals surface area (Å²) in [5.41, 5.74) is -6.28. The molecular formula is C16H23F3NO5S-. The van der Waals surface area contributed by atoms with Gasteiger partial charge in [-0.1, -0.05) is 19.3 Å². The lowest BCUT2D eigenvalue weighted by Crippen LogP contribution is -2.43. The second-order valence-electron chi connectivity index (χ2n) is 7.28. The van der Waals surface area contributed by atoms with Crippen molar-refractivity contribution in [3.05, 3.63) is 0 Å². The molecule has 2 rings (SSSR count). The molecule has 2 aliphatic carbocycles. The first-order valence-electron chi connectivity index (χ1n) is 8.76. The van der Waals surface area contributed by atoms with Gasteiger partial charge in [0.2, 0.25) is 0 Å². The summed E-state index contributed by atoms with van der Waals surface area (Å²) in [6.07, 6.45) is 5.77. The molecule has 26 heavy (non-hydrogen) atoms. The SMILES string of the molecule is CC1(OC(=O)C2CCCCC2/C([O-])=N/S(=O)(=O)C(F)(F)F)CCCCC1. The fraction of sp³-hybridized carbons (Fsp3) is 0.875. The summed E-state index contributed by atoms with van der Waals surface area (Å²) >= 11 is 0. The minimum Gasteiger partial charge on any atom is -0.861 e. The minimum atomic E-state index is -5.91. The van der Waals surface area contributed by atoms with Crippen LogP contribution in [-0.4, -0.2) is 31.4 Å². The van der Waals surface area contributed by atoms with Gasteiger partial charge in [-0.15, -0.1) is 0 Å². The van der Waals surface area contributed by atoms with Gasteiger partial charge in [0.25, 0.3) is 0 Å². The number of nitrogens with zero attached hydrogens (tertiary/aromatic N) is 1. The molecule has 0 bridgehead atoms. The molecule has 0 N–H and O–H groups in total. The standard InChI is InChI=1S/C16H24F3NO5S/c1-15(9-5-2-6-10-15)25-14(22)12-8-4-3-7-11(12)13(21)20-26(23,24)16(17,18)19/h11-12H,2-10H2,1H3,(H,20,21)/p-1. The van der Waals surface area contributed by atoms with Crippen molar-refractivity contribution < 1.29 is 36.2 Å². The molecule has 0 saturated heterocycles. The maximum Gasteiger partial charge on any atom is 0.518 e. The maximum atomic E-state index is 12.6. The summed E-state index contributed by atoms with van der Waals surface area (Å²) < 4.78 is 67.6. The Morgan fingerprint density at radius 1 is 1.08 bits per heavy atom. The van der Waals surface area contributed by atoms with Gasteiger partial charge in [0.05, 0.1) is 5.92 Å². The highest BCUT2D eigenvalue weighted by Gasteiger charge is 2.46. The molecule has 0 aliphatic heterocycles. The van der Waals surface area contributed by atoms with E-state index in [1.807, 2.05) is 6.92 Å². The summed E-state index contributed by atoms with van der Waals surface area (Å²) in [6, 6.07) is 0. The zero-order chi connectivity index (χ0) is 19.6. The van der Waals surface area contributed by atoms with E-state index in [9.17, 15) is 31.5 Å². The average Bonchev–Trinajstić information content (AvgIpc) is 2.53. The first-order valence-corrected chi connectivity index (χ1v) is 10.2. The number of ether oxygens (including phenoxy) is 1. The third-order valence-electron chi connectivity index (χ3n) is 5.15. The van der Waals surface area contributed by atoms with Gasteiger partial charge in [0, 0.05) is 5.92 Å². The topological polar surface area (TPSA) is 95.9 Å². The Hall–Kier alpha value is -1.32. The van der Waals surface area contributed by atoms with Crippen LogP contribution in [0.1, 0.15) is 64.7 Å². The van der Waals surface area contributed by atoms with E-state index in [0.29, 0.717) is 25.7 Å². The van der Waals surface area contributed by atoms with Crippen molar-refractivity contribution in [3.63, 3.8) is 0 Å². The molecule has 0 radical (unpaired) electrons. The van der Waals surface area contributed by atoms with Crippen LogP contribution >= 0.6 is 0 Å². The van der Waals surface area contributed by atoms with Crippen LogP contribution in [0.2, 0.25) is 0 Å². The second kappa shape index (κ2) is 7.74.